The molecule has 5 heteroatoms. The predicted octanol–water partition coefficient (Wildman–Crippen LogP) is 0.0938. The molecule has 0 heterocycles. The highest BCUT2D eigenvalue weighted by Gasteiger charge is 2.66. The minimum atomic E-state index is -1.23. The largest absolute Gasteiger partial charge is 0.468 e. The Morgan fingerprint density at radius 2 is 1.80 bits per heavy atom. The van der Waals surface area contributed by atoms with Gasteiger partial charge in [0, 0.05) is 5.92 Å². The monoisotopic (exact) mass is 212 g/mol. The van der Waals surface area contributed by atoms with E-state index < -0.39 is 17.4 Å². The maximum atomic E-state index is 11.4. The Balaban J connectivity index is 2.84. The highest BCUT2D eigenvalue weighted by atomic mass is 16.5. The number of carbonyl (C=O) groups excluding carboxylic acids is 3. The van der Waals surface area contributed by atoms with Crippen LogP contribution in [0, 0.1) is 11.3 Å². The highest BCUT2D eigenvalue weighted by molar-refractivity contribution is 6.04. The molecule has 1 rings (SSSR count). The van der Waals surface area contributed by atoms with Crippen LogP contribution in [0.25, 0.3) is 0 Å². The second-order valence-corrected chi connectivity index (χ2v) is 3.29. The Morgan fingerprint density at radius 1 is 1.27 bits per heavy atom. The lowest BCUT2D eigenvalue weighted by Gasteiger charge is -2.10. The second-order valence-electron chi connectivity index (χ2n) is 3.29. The molecule has 0 spiro atoms. The number of allylic oxidation sites excluding steroid dienone is 2. The van der Waals surface area contributed by atoms with Crippen LogP contribution in [-0.2, 0) is 23.9 Å². The first-order valence-corrected chi connectivity index (χ1v) is 4.42. The highest BCUT2D eigenvalue weighted by Crippen LogP contribution is 2.55. The van der Waals surface area contributed by atoms with Crippen molar-refractivity contribution in [1.29, 1.82) is 0 Å². The minimum absolute atomic E-state index is 0.303. The van der Waals surface area contributed by atoms with E-state index in [0.29, 0.717) is 12.7 Å². The fourth-order valence-corrected chi connectivity index (χ4v) is 1.62. The molecular weight excluding hydrogens is 200 g/mol. The maximum Gasteiger partial charge on any atom is 0.323 e. The van der Waals surface area contributed by atoms with E-state index in [1.165, 1.54) is 26.4 Å². The van der Waals surface area contributed by atoms with Crippen molar-refractivity contribution >= 4 is 18.2 Å². The molecule has 0 radical (unpaired) electrons. The third-order valence-electron chi connectivity index (χ3n) is 2.54. The molecule has 1 fully saturated rings. The fraction of sp³-hybridized carbons (Fsp3) is 0.500. The smallest absolute Gasteiger partial charge is 0.323 e. The SMILES string of the molecule is COC(=O)C1(C(=O)OC)CC1/C=C/C=O. The third-order valence-corrected chi connectivity index (χ3v) is 2.54. The normalized spacial score (nSPS) is 22.1. The van der Waals surface area contributed by atoms with Gasteiger partial charge >= 0.3 is 11.9 Å². The summed E-state index contributed by atoms with van der Waals surface area (Å²) in [6, 6.07) is 0. The molecule has 0 amide bonds. The van der Waals surface area contributed by atoms with Crippen LogP contribution in [0.15, 0.2) is 12.2 Å². The molecule has 15 heavy (non-hydrogen) atoms. The van der Waals surface area contributed by atoms with E-state index in [9.17, 15) is 14.4 Å². The zero-order valence-electron chi connectivity index (χ0n) is 8.56. The van der Waals surface area contributed by atoms with E-state index in [4.69, 9.17) is 0 Å². The van der Waals surface area contributed by atoms with Crippen LogP contribution in [0.2, 0.25) is 0 Å². The Kier molecular flexibility index (Phi) is 3.24. The summed E-state index contributed by atoms with van der Waals surface area (Å²) < 4.78 is 9.10. The average molecular weight is 212 g/mol. The lowest BCUT2D eigenvalue weighted by Crippen LogP contribution is -2.30. The summed E-state index contributed by atoms with van der Waals surface area (Å²) in [4.78, 5) is 33.0. The molecule has 1 saturated carbocycles. The summed E-state index contributed by atoms with van der Waals surface area (Å²) in [6.07, 6.45) is 3.70. The Bertz CT molecular complexity index is 302. The van der Waals surface area contributed by atoms with Crippen molar-refractivity contribution < 1.29 is 23.9 Å². The van der Waals surface area contributed by atoms with E-state index in [2.05, 4.69) is 9.47 Å². The summed E-state index contributed by atoms with van der Waals surface area (Å²) in [7, 11) is 2.43. The Morgan fingerprint density at radius 3 is 2.20 bits per heavy atom. The van der Waals surface area contributed by atoms with Gasteiger partial charge in [0.25, 0.3) is 0 Å². The molecule has 0 aromatic carbocycles. The zero-order chi connectivity index (χ0) is 11.5. The summed E-state index contributed by atoms with van der Waals surface area (Å²) in [5.41, 5.74) is -1.23. The van der Waals surface area contributed by atoms with Crippen molar-refractivity contribution in [3.05, 3.63) is 12.2 Å². The van der Waals surface area contributed by atoms with Gasteiger partial charge in [-0.2, -0.15) is 0 Å². The third kappa shape index (κ3) is 1.77. The summed E-state index contributed by atoms with van der Waals surface area (Å²) in [5, 5.41) is 0. The Labute approximate surface area is 87.0 Å². The minimum Gasteiger partial charge on any atom is -0.468 e. The molecule has 0 aliphatic heterocycles. The summed E-state index contributed by atoms with van der Waals surface area (Å²) in [5.74, 6) is -1.53. The van der Waals surface area contributed by atoms with Crippen LogP contribution < -0.4 is 0 Å². The molecule has 1 atom stereocenters. The molecular formula is C10H12O5. The van der Waals surface area contributed by atoms with Crippen LogP contribution in [0.5, 0.6) is 0 Å². The van der Waals surface area contributed by atoms with Crippen molar-refractivity contribution in [1.82, 2.24) is 0 Å². The van der Waals surface area contributed by atoms with Gasteiger partial charge in [0.2, 0.25) is 0 Å². The van der Waals surface area contributed by atoms with Gasteiger partial charge in [0.15, 0.2) is 5.41 Å². The molecule has 1 aliphatic rings. The fourth-order valence-electron chi connectivity index (χ4n) is 1.62. The van der Waals surface area contributed by atoms with Crippen LogP contribution in [0.4, 0.5) is 0 Å². The van der Waals surface area contributed by atoms with Crippen molar-refractivity contribution in [2.75, 3.05) is 14.2 Å². The van der Waals surface area contributed by atoms with Crippen LogP contribution in [0.1, 0.15) is 6.42 Å². The first kappa shape index (κ1) is 11.4. The van der Waals surface area contributed by atoms with Gasteiger partial charge in [-0.05, 0) is 12.5 Å². The number of esters is 2. The topological polar surface area (TPSA) is 69.7 Å². The second kappa shape index (κ2) is 4.25. The van der Waals surface area contributed by atoms with Gasteiger partial charge in [-0.15, -0.1) is 0 Å². The van der Waals surface area contributed by atoms with Gasteiger partial charge in [0.05, 0.1) is 14.2 Å². The number of hydrogen-bond acceptors (Lipinski definition) is 5. The molecule has 1 aliphatic carbocycles. The number of rotatable bonds is 4. The predicted molar refractivity (Wildman–Crippen MR) is 49.8 cm³/mol. The summed E-state index contributed by atoms with van der Waals surface area (Å²) >= 11 is 0. The number of aldehydes is 1. The van der Waals surface area contributed by atoms with Gasteiger partial charge in [0.1, 0.15) is 6.29 Å². The van der Waals surface area contributed by atoms with Crippen LogP contribution >= 0.6 is 0 Å². The van der Waals surface area contributed by atoms with Crippen LogP contribution in [0.3, 0.4) is 0 Å². The maximum absolute atomic E-state index is 11.4. The molecule has 0 saturated heterocycles. The van der Waals surface area contributed by atoms with Crippen molar-refractivity contribution in [2.24, 2.45) is 11.3 Å². The van der Waals surface area contributed by atoms with Gasteiger partial charge in [-0.3, -0.25) is 14.4 Å². The first-order valence-electron chi connectivity index (χ1n) is 4.42. The first-order chi connectivity index (χ1) is 7.13. The summed E-state index contributed by atoms with van der Waals surface area (Å²) in [6.45, 7) is 0. The van der Waals surface area contributed by atoms with E-state index in [0.717, 1.165) is 0 Å². The average Bonchev–Trinajstić information content (AvgIpc) is 2.99. The van der Waals surface area contributed by atoms with E-state index in [1.54, 1.807) is 0 Å². The molecule has 0 aromatic heterocycles. The van der Waals surface area contributed by atoms with Crippen LogP contribution in [-0.4, -0.2) is 32.4 Å². The van der Waals surface area contributed by atoms with Gasteiger partial charge in [-0.25, -0.2) is 0 Å². The molecule has 0 bridgehead atoms. The van der Waals surface area contributed by atoms with Crippen molar-refractivity contribution in [3.63, 3.8) is 0 Å². The molecule has 5 nitrogen and oxygen atoms in total. The lowest BCUT2D eigenvalue weighted by atomic mass is 10.0. The van der Waals surface area contributed by atoms with Gasteiger partial charge in [-0.1, -0.05) is 6.08 Å². The van der Waals surface area contributed by atoms with Gasteiger partial charge < -0.3 is 9.47 Å². The number of methoxy groups -OCH3 is 2. The van der Waals surface area contributed by atoms with E-state index >= 15 is 0 Å². The molecule has 0 N–H and O–H groups in total. The molecule has 1 unspecified atom stereocenters. The number of hydrogen-bond donors (Lipinski definition) is 0. The van der Waals surface area contributed by atoms with Crippen molar-refractivity contribution in [2.45, 2.75) is 6.42 Å². The number of carbonyl (C=O) groups is 3. The molecule has 0 aromatic rings. The van der Waals surface area contributed by atoms with E-state index in [1.807, 2.05) is 0 Å². The Hall–Kier alpha value is -1.65. The standard InChI is InChI=1S/C10H12O5/c1-14-8(12)10(9(13)15-2)6-7(10)4-3-5-11/h3-5,7H,6H2,1-2H3/b4-3+. The van der Waals surface area contributed by atoms with Crippen molar-refractivity contribution in [3.8, 4) is 0 Å². The lowest BCUT2D eigenvalue weighted by molar-refractivity contribution is -0.161. The van der Waals surface area contributed by atoms with E-state index in [-0.39, 0.29) is 5.92 Å². The molecule has 82 valence electrons. The quantitative estimate of drug-likeness (QED) is 0.286. The zero-order valence-corrected chi connectivity index (χ0v) is 8.56. The number of ether oxygens (including phenoxy) is 2.